The first-order valence-corrected chi connectivity index (χ1v) is 11.6. The van der Waals surface area contributed by atoms with E-state index in [0.29, 0.717) is 37.4 Å². The average Bonchev–Trinajstić information content (AvgIpc) is 2.75. The molecular formula is C27H23Cl3O3. The molecule has 1 heterocycles. The minimum atomic E-state index is -0.309. The number of rotatable bonds is 4. The highest BCUT2D eigenvalue weighted by Crippen LogP contribution is 2.35. The SMILES string of the molecule is Cc1cc2oc(-c3ccc(C(C)(C)C)cc3)c(OCc3c(Cl)cccc3Cl)c(=O)c2cc1Cl. The molecule has 3 nitrogen and oxygen atoms in total. The maximum absolute atomic E-state index is 13.5. The lowest BCUT2D eigenvalue weighted by atomic mass is 9.86. The molecule has 0 spiro atoms. The molecule has 6 heteroatoms. The second-order valence-electron chi connectivity index (χ2n) is 9.00. The maximum atomic E-state index is 13.5. The third-order valence-corrected chi connectivity index (χ3v) is 6.68. The number of ether oxygens (including phenoxy) is 1. The van der Waals surface area contributed by atoms with Crippen LogP contribution in [-0.4, -0.2) is 0 Å². The molecule has 0 aliphatic heterocycles. The molecule has 0 N–H and O–H groups in total. The van der Waals surface area contributed by atoms with E-state index in [1.54, 1.807) is 30.3 Å². The van der Waals surface area contributed by atoms with Crippen LogP contribution >= 0.6 is 34.8 Å². The molecular weight excluding hydrogens is 479 g/mol. The van der Waals surface area contributed by atoms with Crippen LogP contribution in [0.3, 0.4) is 0 Å². The van der Waals surface area contributed by atoms with Crippen LogP contribution in [0.15, 0.2) is 63.8 Å². The summed E-state index contributed by atoms with van der Waals surface area (Å²) >= 11 is 18.9. The van der Waals surface area contributed by atoms with Gasteiger partial charge >= 0.3 is 0 Å². The summed E-state index contributed by atoms with van der Waals surface area (Å²) in [5, 5.41) is 1.75. The summed E-state index contributed by atoms with van der Waals surface area (Å²) in [6.07, 6.45) is 0. The predicted octanol–water partition coefficient (Wildman–Crippen LogP) is 8.61. The summed E-state index contributed by atoms with van der Waals surface area (Å²) in [6.45, 7) is 8.32. The minimum absolute atomic E-state index is 0.00322. The first kappa shape index (κ1) is 23.7. The van der Waals surface area contributed by atoms with Gasteiger partial charge in [-0.3, -0.25) is 4.79 Å². The van der Waals surface area contributed by atoms with Crippen molar-refractivity contribution in [1.82, 2.24) is 0 Å². The summed E-state index contributed by atoms with van der Waals surface area (Å²) in [5.41, 5.74) is 3.44. The van der Waals surface area contributed by atoms with Crippen molar-refractivity contribution in [3.8, 4) is 17.1 Å². The van der Waals surface area contributed by atoms with Crippen molar-refractivity contribution in [3.05, 3.63) is 96.6 Å². The van der Waals surface area contributed by atoms with Gasteiger partial charge in [-0.15, -0.1) is 0 Å². The predicted molar refractivity (Wildman–Crippen MR) is 137 cm³/mol. The van der Waals surface area contributed by atoms with Gasteiger partial charge in [-0.05, 0) is 47.7 Å². The zero-order chi connectivity index (χ0) is 23.9. The number of hydrogen-bond acceptors (Lipinski definition) is 3. The Hall–Kier alpha value is -2.46. The second kappa shape index (κ2) is 9.06. The Morgan fingerprint density at radius 2 is 1.55 bits per heavy atom. The fraction of sp³-hybridized carbons (Fsp3) is 0.222. The number of benzene rings is 3. The van der Waals surface area contributed by atoms with E-state index in [-0.39, 0.29) is 23.2 Å². The fourth-order valence-electron chi connectivity index (χ4n) is 3.56. The minimum Gasteiger partial charge on any atom is -0.481 e. The van der Waals surface area contributed by atoms with Crippen LogP contribution in [0.2, 0.25) is 15.1 Å². The van der Waals surface area contributed by atoms with Crippen molar-refractivity contribution in [2.75, 3.05) is 0 Å². The summed E-state index contributed by atoms with van der Waals surface area (Å²) < 4.78 is 12.2. The topological polar surface area (TPSA) is 39.4 Å². The largest absolute Gasteiger partial charge is 0.481 e. The third-order valence-electron chi connectivity index (χ3n) is 5.57. The Bertz CT molecular complexity index is 1380. The average molecular weight is 502 g/mol. The number of aryl methyl sites for hydroxylation is 1. The Kier molecular flexibility index (Phi) is 6.50. The smallest absolute Gasteiger partial charge is 0.235 e. The van der Waals surface area contributed by atoms with Gasteiger partial charge in [-0.2, -0.15) is 0 Å². The van der Waals surface area contributed by atoms with Gasteiger partial charge < -0.3 is 9.15 Å². The quantitative estimate of drug-likeness (QED) is 0.281. The summed E-state index contributed by atoms with van der Waals surface area (Å²) in [6, 6.07) is 16.5. The van der Waals surface area contributed by atoms with E-state index >= 15 is 0 Å². The molecule has 1 aromatic heterocycles. The molecule has 4 rings (SSSR count). The lowest BCUT2D eigenvalue weighted by Gasteiger charge is -2.19. The Morgan fingerprint density at radius 1 is 0.909 bits per heavy atom. The second-order valence-corrected chi connectivity index (χ2v) is 10.2. The Balaban J connectivity index is 1.88. The maximum Gasteiger partial charge on any atom is 0.235 e. The molecule has 0 saturated carbocycles. The first-order valence-electron chi connectivity index (χ1n) is 10.5. The van der Waals surface area contributed by atoms with E-state index in [9.17, 15) is 4.79 Å². The van der Waals surface area contributed by atoms with Crippen molar-refractivity contribution in [2.45, 2.75) is 39.7 Å². The van der Waals surface area contributed by atoms with Crippen molar-refractivity contribution >= 4 is 45.8 Å². The molecule has 3 aromatic carbocycles. The van der Waals surface area contributed by atoms with Crippen molar-refractivity contribution < 1.29 is 9.15 Å². The molecule has 0 unspecified atom stereocenters. The van der Waals surface area contributed by atoms with Gasteiger partial charge in [0, 0.05) is 26.2 Å². The van der Waals surface area contributed by atoms with Gasteiger partial charge in [0.05, 0.1) is 5.39 Å². The van der Waals surface area contributed by atoms with E-state index < -0.39 is 0 Å². The summed E-state index contributed by atoms with van der Waals surface area (Å²) in [7, 11) is 0. The van der Waals surface area contributed by atoms with Crippen molar-refractivity contribution in [1.29, 1.82) is 0 Å². The molecule has 0 atom stereocenters. The van der Waals surface area contributed by atoms with Crippen LogP contribution in [0.4, 0.5) is 0 Å². The van der Waals surface area contributed by atoms with Crippen LogP contribution < -0.4 is 10.2 Å². The molecule has 33 heavy (non-hydrogen) atoms. The zero-order valence-corrected chi connectivity index (χ0v) is 21.0. The lowest BCUT2D eigenvalue weighted by molar-refractivity contribution is 0.298. The van der Waals surface area contributed by atoms with Crippen LogP contribution in [0.5, 0.6) is 5.75 Å². The van der Waals surface area contributed by atoms with Gasteiger partial charge in [0.15, 0.2) is 5.76 Å². The van der Waals surface area contributed by atoms with Crippen LogP contribution in [-0.2, 0) is 12.0 Å². The van der Waals surface area contributed by atoms with Gasteiger partial charge in [0.2, 0.25) is 11.2 Å². The molecule has 0 bridgehead atoms. The van der Waals surface area contributed by atoms with Crippen molar-refractivity contribution in [3.63, 3.8) is 0 Å². The van der Waals surface area contributed by atoms with Gasteiger partial charge in [-0.25, -0.2) is 0 Å². The lowest BCUT2D eigenvalue weighted by Crippen LogP contribution is -2.12. The summed E-state index contributed by atoms with van der Waals surface area (Å²) in [5.74, 6) is 0.430. The zero-order valence-electron chi connectivity index (χ0n) is 18.8. The highest BCUT2D eigenvalue weighted by Gasteiger charge is 2.21. The normalized spacial score (nSPS) is 11.7. The van der Waals surface area contributed by atoms with Gasteiger partial charge in [0.1, 0.15) is 12.2 Å². The first-order chi connectivity index (χ1) is 15.6. The molecule has 0 radical (unpaired) electrons. The summed E-state index contributed by atoms with van der Waals surface area (Å²) in [4.78, 5) is 13.5. The fourth-order valence-corrected chi connectivity index (χ4v) is 4.23. The highest BCUT2D eigenvalue weighted by molar-refractivity contribution is 6.36. The molecule has 4 aromatic rings. The number of hydrogen-bond donors (Lipinski definition) is 0. The van der Waals surface area contributed by atoms with Crippen molar-refractivity contribution in [2.24, 2.45) is 0 Å². The van der Waals surface area contributed by atoms with Crippen LogP contribution in [0, 0.1) is 6.92 Å². The van der Waals surface area contributed by atoms with Gasteiger partial charge in [-0.1, -0.05) is 85.9 Å². The Morgan fingerprint density at radius 3 is 2.15 bits per heavy atom. The van der Waals surface area contributed by atoms with E-state index in [1.807, 2.05) is 31.2 Å². The molecule has 0 aliphatic rings. The molecule has 0 saturated heterocycles. The number of fused-ring (bicyclic) bond motifs is 1. The number of halogens is 3. The van der Waals surface area contributed by atoms with E-state index in [1.165, 1.54) is 5.56 Å². The molecule has 170 valence electrons. The Labute approximate surface area is 207 Å². The third kappa shape index (κ3) is 4.77. The van der Waals surface area contributed by atoms with Crippen LogP contribution in [0.1, 0.15) is 37.5 Å². The molecule has 0 aliphatic carbocycles. The van der Waals surface area contributed by atoms with E-state index in [0.717, 1.165) is 11.1 Å². The van der Waals surface area contributed by atoms with Gasteiger partial charge in [0.25, 0.3) is 0 Å². The van der Waals surface area contributed by atoms with E-state index in [2.05, 4.69) is 20.8 Å². The molecule has 0 fully saturated rings. The monoisotopic (exact) mass is 500 g/mol. The standard InChI is InChI=1S/C27H23Cl3O3/c1-15-12-23-18(13-22(15)30)24(31)26(32-14-19-20(28)6-5-7-21(19)29)25(33-23)16-8-10-17(11-9-16)27(2,3)4/h5-13H,14H2,1-4H3. The van der Waals surface area contributed by atoms with E-state index in [4.69, 9.17) is 44.0 Å². The molecule has 0 amide bonds. The highest BCUT2D eigenvalue weighted by atomic mass is 35.5. The van der Waals surface area contributed by atoms with Crippen LogP contribution in [0.25, 0.3) is 22.3 Å².